The molecule has 2 N–H and O–H groups in total. The van der Waals surface area contributed by atoms with Crippen molar-refractivity contribution in [1.82, 2.24) is 5.32 Å². The molecule has 0 saturated heterocycles. The standard InChI is InChI=1S/C14H18ClNO4/c1-2-20-14(19)12(16-7-8-17)9-13(18)10-3-5-11(15)6-4-10/h3-6,12,16-17H,2,7-9H2,1H3. The third kappa shape index (κ3) is 5.28. The van der Waals surface area contributed by atoms with Gasteiger partial charge in [0.05, 0.1) is 13.2 Å². The van der Waals surface area contributed by atoms with Gasteiger partial charge in [-0.3, -0.25) is 9.59 Å². The normalized spacial score (nSPS) is 11.9. The Balaban J connectivity index is 2.70. The first-order valence-corrected chi connectivity index (χ1v) is 6.76. The third-order valence-corrected chi connectivity index (χ3v) is 2.88. The quantitative estimate of drug-likeness (QED) is 0.561. The van der Waals surface area contributed by atoms with Crippen LogP contribution in [0.2, 0.25) is 5.02 Å². The van der Waals surface area contributed by atoms with Crippen molar-refractivity contribution >= 4 is 23.4 Å². The molecular weight excluding hydrogens is 282 g/mol. The lowest BCUT2D eigenvalue weighted by Gasteiger charge is -2.16. The largest absolute Gasteiger partial charge is 0.465 e. The van der Waals surface area contributed by atoms with Crippen LogP contribution in [0.15, 0.2) is 24.3 Å². The van der Waals surface area contributed by atoms with Crippen molar-refractivity contribution in [1.29, 1.82) is 0 Å². The summed E-state index contributed by atoms with van der Waals surface area (Å²) < 4.78 is 4.90. The summed E-state index contributed by atoms with van der Waals surface area (Å²) in [4.78, 5) is 23.8. The van der Waals surface area contributed by atoms with Crippen molar-refractivity contribution in [3.63, 3.8) is 0 Å². The molecule has 1 unspecified atom stereocenters. The van der Waals surface area contributed by atoms with Gasteiger partial charge in [0.2, 0.25) is 0 Å². The van der Waals surface area contributed by atoms with Crippen molar-refractivity contribution in [2.45, 2.75) is 19.4 Å². The molecule has 6 heteroatoms. The molecule has 5 nitrogen and oxygen atoms in total. The third-order valence-electron chi connectivity index (χ3n) is 2.63. The van der Waals surface area contributed by atoms with Crippen molar-refractivity contribution in [2.24, 2.45) is 0 Å². The predicted molar refractivity (Wildman–Crippen MR) is 75.9 cm³/mol. The summed E-state index contributed by atoms with van der Waals surface area (Å²) in [7, 11) is 0. The molecule has 0 saturated carbocycles. The Kier molecular flexibility index (Phi) is 7.22. The molecule has 0 heterocycles. The van der Waals surface area contributed by atoms with Crippen LogP contribution in [0.5, 0.6) is 0 Å². The van der Waals surface area contributed by atoms with Crippen LogP contribution in [-0.2, 0) is 9.53 Å². The summed E-state index contributed by atoms with van der Waals surface area (Å²) in [6, 6.07) is 5.70. The van der Waals surface area contributed by atoms with E-state index in [1.807, 2.05) is 0 Å². The molecule has 0 aliphatic carbocycles. The highest BCUT2D eigenvalue weighted by Gasteiger charge is 2.23. The van der Waals surface area contributed by atoms with E-state index >= 15 is 0 Å². The van der Waals surface area contributed by atoms with Gasteiger partial charge in [-0.1, -0.05) is 11.6 Å². The van der Waals surface area contributed by atoms with E-state index < -0.39 is 12.0 Å². The highest BCUT2D eigenvalue weighted by Crippen LogP contribution is 2.12. The van der Waals surface area contributed by atoms with Gasteiger partial charge >= 0.3 is 5.97 Å². The van der Waals surface area contributed by atoms with Crippen LogP contribution in [0.25, 0.3) is 0 Å². The van der Waals surface area contributed by atoms with Gasteiger partial charge < -0.3 is 15.2 Å². The first-order chi connectivity index (χ1) is 9.58. The number of esters is 1. The van der Waals surface area contributed by atoms with Crippen LogP contribution in [0.1, 0.15) is 23.7 Å². The Morgan fingerprint density at radius 1 is 1.35 bits per heavy atom. The van der Waals surface area contributed by atoms with Gasteiger partial charge in [-0.25, -0.2) is 0 Å². The van der Waals surface area contributed by atoms with Gasteiger partial charge in [0, 0.05) is 23.6 Å². The maximum atomic E-state index is 12.1. The van der Waals surface area contributed by atoms with Crippen LogP contribution < -0.4 is 5.32 Å². The number of hydrogen-bond donors (Lipinski definition) is 2. The number of nitrogens with one attached hydrogen (secondary N) is 1. The SMILES string of the molecule is CCOC(=O)C(CC(=O)c1ccc(Cl)cc1)NCCO. The van der Waals surface area contributed by atoms with E-state index in [0.717, 1.165) is 0 Å². The number of Topliss-reactive ketones (excluding diaryl/α,β-unsaturated/α-hetero) is 1. The number of hydrogen-bond acceptors (Lipinski definition) is 5. The van der Waals surface area contributed by atoms with Crippen LogP contribution in [-0.4, -0.2) is 42.7 Å². The molecule has 0 aromatic heterocycles. The summed E-state index contributed by atoms with van der Waals surface area (Å²) >= 11 is 5.76. The fourth-order valence-electron chi connectivity index (χ4n) is 1.66. The summed E-state index contributed by atoms with van der Waals surface area (Å²) in [6.07, 6.45) is -0.0273. The molecule has 0 fully saturated rings. The van der Waals surface area contributed by atoms with Crippen LogP contribution in [0.4, 0.5) is 0 Å². The van der Waals surface area contributed by atoms with Crippen LogP contribution in [0.3, 0.4) is 0 Å². The Hall–Kier alpha value is -1.43. The lowest BCUT2D eigenvalue weighted by atomic mass is 10.0. The number of halogens is 1. The van der Waals surface area contributed by atoms with E-state index in [1.54, 1.807) is 31.2 Å². The maximum Gasteiger partial charge on any atom is 0.323 e. The Morgan fingerprint density at radius 3 is 2.55 bits per heavy atom. The zero-order valence-corrected chi connectivity index (χ0v) is 12.0. The van der Waals surface area contributed by atoms with Gasteiger partial charge in [0.1, 0.15) is 6.04 Å². The Bertz CT molecular complexity index is 447. The molecule has 1 atom stereocenters. The lowest BCUT2D eigenvalue weighted by molar-refractivity contribution is -0.145. The van der Waals surface area contributed by atoms with Gasteiger partial charge in [-0.2, -0.15) is 0 Å². The number of benzene rings is 1. The summed E-state index contributed by atoms with van der Waals surface area (Å²) in [5, 5.41) is 12.1. The molecular formula is C14H18ClNO4. The highest BCUT2D eigenvalue weighted by molar-refractivity contribution is 6.30. The van der Waals surface area contributed by atoms with E-state index in [4.69, 9.17) is 21.4 Å². The molecule has 1 aromatic carbocycles. The Morgan fingerprint density at radius 2 is 2.00 bits per heavy atom. The first kappa shape index (κ1) is 16.6. The number of carbonyl (C=O) groups excluding carboxylic acids is 2. The summed E-state index contributed by atoms with van der Waals surface area (Å²) in [5.74, 6) is -0.687. The first-order valence-electron chi connectivity index (χ1n) is 6.38. The highest BCUT2D eigenvalue weighted by atomic mass is 35.5. The monoisotopic (exact) mass is 299 g/mol. The zero-order chi connectivity index (χ0) is 15.0. The van der Waals surface area contributed by atoms with E-state index in [0.29, 0.717) is 10.6 Å². The fraction of sp³-hybridized carbons (Fsp3) is 0.429. The molecule has 0 aliphatic heterocycles. The minimum Gasteiger partial charge on any atom is -0.465 e. The van der Waals surface area contributed by atoms with E-state index in [1.165, 1.54) is 0 Å². The second kappa shape index (κ2) is 8.68. The molecule has 110 valence electrons. The summed E-state index contributed by atoms with van der Waals surface area (Å²) in [5.41, 5.74) is 0.481. The van der Waals surface area contributed by atoms with Crippen molar-refractivity contribution in [2.75, 3.05) is 19.8 Å². The molecule has 20 heavy (non-hydrogen) atoms. The van der Waals surface area contributed by atoms with Gasteiger partial charge in [-0.15, -0.1) is 0 Å². The minimum atomic E-state index is -0.759. The van der Waals surface area contributed by atoms with E-state index in [9.17, 15) is 9.59 Å². The number of aliphatic hydroxyl groups is 1. The topological polar surface area (TPSA) is 75.6 Å². The van der Waals surface area contributed by atoms with E-state index in [2.05, 4.69) is 5.32 Å². The molecule has 0 aliphatic rings. The number of carbonyl (C=O) groups is 2. The van der Waals surface area contributed by atoms with Gasteiger partial charge in [0.15, 0.2) is 5.78 Å². The van der Waals surface area contributed by atoms with E-state index in [-0.39, 0.29) is 32.0 Å². The van der Waals surface area contributed by atoms with Crippen molar-refractivity contribution in [3.8, 4) is 0 Å². The second-order valence-electron chi connectivity index (χ2n) is 4.12. The van der Waals surface area contributed by atoms with Crippen LogP contribution >= 0.6 is 11.6 Å². The van der Waals surface area contributed by atoms with Crippen LogP contribution in [0, 0.1) is 0 Å². The maximum absolute atomic E-state index is 12.1. The average Bonchev–Trinajstić information content (AvgIpc) is 2.44. The zero-order valence-electron chi connectivity index (χ0n) is 11.3. The molecule has 1 rings (SSSR count). The fourth-order valence-corrected chi connectivity index (χ4v) is 1.79. The van der Waals surface area contributed by atoms with Crippen molar-refractivity contribution in [3.05, 3.63) is 34.9 Å². The number of ketones is 1. The number of aliphatic hydroxyl groups excluding tert-OH is 1. The lowest BCUT2D eigenvalue weighted by Crippen LogP contribution is -2.41. The summed E-state index contributed by atoms with van der Waals surface area (Å²) in [6.45, 7) is 2.04. The minimum absolute atomic E-state index is 0.0273. The molecule has 0 radical (unpaired) electrons. The predicted octanol–water partition coefficient (Wildman–Crippen LogP) is 1.43. The smallest absolute Gasteiger partial charge is 0.323 e. The second-order valence-corrected chi connectivity index (χ2v) is 4.55. The van der Waals surface area contributed by atoms with Gasteiger partial charge in [0.25, 0.3) is 0 Å². The Labute approximate surface area is 122 Å². The molecule has 0 amide bonds. The van der Waals surface area contributed by atoms with Crippen molar-refractivity contribution < 1.29 is 19.4 Å². The number of ether oxygens (including phenoxy) is 1. The van der Waals surface area contributed by atoms with Gasteiger partial charge in [-0.05, 0) is 31.2 Å². The molecule has 0 bridgehead atoms. The number of rotatable bonds is 8. The molecule has 0 spiro atoms. The molecule has 1 aromatic rings. The average molecular weight is 300 g/mol.